The van der Waals surface area contributed by atoms with Gasteiger partial charge in [-0.3, -0.25) is 10.1 Å². The molecule has 6 nitrogen and oxygen atoms in total. The topological polar surface area (TPSA) is 71.3 Å². The van der Waals surface area contributed by atoms with Crippen LogP contribution in [-0.4, -0.2) is 35.6 Å². The Morgan fingerprint density at radius 3 is 3.00 bits per heavy atom. The molecule has 2 heterocycles. The van der Waals surface area contributed by atoms with Crippen molar-refractivity contribution in [1.29, 1.82) is 0 Å². The van der Waals surface area contributed by atoms with Gasteiger partial charge in [0.1, 0.15) is 5.82 Å². The van der Waals surface area contributed by atoms with Gasteiger partial charge in [-0.1, -0.05) is 6.92 Å². The molecule has 0 radical (unpaired) electrons. The van der Waals surface area contributed by atoms with Crippen LogP contribution in [0.25, 0.3) is 0 Å². The van der Waals surface area contributed by atoms with Crippen LogP contribution in [0, 0.1) is 17.0 Å². The molecule has 1 aliphatic rings. The van der Waals surface area contributed by atoms with Crippen LogP contribution >= 0.6 is 0 Å². The van der Waals surface area contributed by atoms with Gasteiger partial charge in [-0.05, 0) is 32.7 Å². The van der Waals surface area contributed by atoms with E-state index in [2.05, 4.69) is 22.1 Å². The van der Waals surface area contributed by atoms with Gasteiger partial charge >= 0.3 is 0 Å². The Hall–Kier alpha value is -1.69. The highest BCUT2D eigenvalue weighted by Gasteiger charge is 2.20. The Balaban J connectivity index is 2.19. The summed E-state index contributed by atoms with van der Waals surface area (Å²) in [5, 5.41) is 14.5. The molecule has 1 fully saturated rings. The maximum absolute atomic E-state index is 11.0. The second-order valence-electron chi connectivity index (χ2n) is 5.33. The molecule has 1 aromatic heterocycles. The van der Waals surface area contributed by atoms with Gasteiger partial charge in [0.25, 0.3) is 5.69 Å². The lowest BCUT2D eigenvalue weighted by Crippen LogP contribution is -2.38. The lowest BCUT2D eigenvalue weighted by molar-refractivity contribution is -0.385. The molecular formula is C14H22N4O2. The Kier molecular flexibility index (Phi) is 4.89. The second kappa shape index (κ2) is 6.65. The number of hydrogen-bond acceptors (Lipinski definition) is 5. The van der Waals surface area contributed by atoms with Crippen molar-refractivity contribution >= 4 is 11.5 Å². The van der Waals surface area contributed by atoms with Gasteiger partial charge < -0.3 is 10.2 Å². The first-order valence-corrected chi connectivity index (χ1v) is 7.21. The zero-order valence-electron chi connectivity index (χ0n) is 12.1. The number of nitro groups is 1. The summed E-state index contributed by atoms with van der Waals surface area (Å²) >= 11 is 0. The monoisotopic (exact) mass is 278 g/mol. The number of nitrogens with zero attached hydrogens (tertiary/aromatic N) is 3. The first-order valence-electron chi connectivity index (χ1n) is 7.21. The summed E-state index contributed by atoms with van der Waals surface area (Å²) in [6.45, 7) is 6.62. The lowest BCUT2D eigenvalue weighted by Gasteiger charge is -2.26. The zero-order valence-corrected chi connectivity index (χ0v) is 12.1. The summed E-state index contributed by atoms with van der Waals surface area (Å²) in [6, 6.07) is 2.06. The van der Waals surface area contributed by atoms with E-state index in [-0.39, 0.29) is 10.6 Å². The van der Waals surface area contributed by atoms with Gasteiger partial charge in [0.2, 0.25) is 0 Å². The average molecular weight is 278 g/mol. The predicted octanol–water partition coefficient (Wildman–Crippen LogP) is 2.27. The van der Waals surface area contributed by atoms with Crippen molar-refractivity contribution in [2.75, 3.05) is 24.5 Å². The normalized spacial score (nSPS) is 18.2. The Bertz CT molecular complexity index is 472. The molecule has 2 rings (SSSR count). The van der Waals surface area contributed by atoms with Crippen LogP contribution in [0.3, 0.4) is 0 Å². The van der Waals surface area contributed by atoms with Crippen molar-refractivity contribution in [3.63, 3.8) is 0 Å². The van der Waals surface area contributed by atoms with Gasteiger partial charge in [0.15, 0.2) is 0 Å². The van der Waals surface area contributed by atoms with E-state index in [0.29, 0.717) is 17.4 Å². The zero-order chi connectivity index (χ0) is 14.5. The molecule has 1 N–H and O–H groups in total. The maximum Gasteiger partial charge on any atom is 0.277 e. The van der Waals surface area contributed by atoms with E-state index in [4.69, 9.17) is 0 Å². The second-order valence-corrected chi connectivity index (χ2v) is 5.33. The maximum atomic E-state index is 11.0. The highest BCUT2D eigenvalue weighted by molar-refractivity contribution is 5.50. The molecule has 110 valence electrons. The van der Waals surface area contributed by atoms with E-state index in [9.17, 15) is 10.1 Å². The van der Waals surface area contributed by atoms with E-state index >= 15 is 0 Å². The van der Waals surface area contributed by atoms with Crippen molar-refractivity contribution in [2.24, 2.45) is 0 Å². The van der Waals surface area contributed by atoms with Gasteiger partial charge in [-0.2, -0.15) is 0 Å². The SMILES string of the molecule is CCCN(CC1CCCN1)c1cc([N+](=O)[O-])c(C)cn1. The van der Waals surface area contributed by atoms with Gasteiger partial charge in [0.05, 0.1) is 11.0 Å². The third-order valence-corrected chi connectivity index (χ3v) is 3.68. The number of aromatic nitrogens is 1. The molecule has 0 saturated carbocycles. The largest absolute Gasteiger partial charge is 0.355 e. The molecule has 20 heavy (non-hydrogen) atoms. The van der Waals surface area contributed by atoms with Crippen LogP contribution in [0.1, 0.15) is 31.7 Å². The first kappa shape index (κ1) is 14.7. The van der Waals surface area contributed by atoms with Crippen LogP contribution in [0.4, 0.5) is 11.5 Å². The van der Waals surface area contributed by atoms with E-state index in [1.54, 1.807) is 19.2 Å². The Morgan fingerprint density at radius 1 is 1.60 bits per heavy atom. The fraction of sp³-hybridized carbons (Fsp3) is 0.643. The molecular weight excluding hydrogens is 256 g/mol. The average Bonchev–Trinajstić information content (AvgIpc) is 2.91. The minimum Gasteiger partial charge on any atom is -0.355 e. The number of hydrogen-bond donors (Lipinski definition) is 1. The van der Waals surface area contributed by atoms with Gasteiger partial charge in [0, 0.05) is 30.9 Å². The molecule has 1 atom stereocenters. The van der Waals surface area contributed by atoms with Crippen molar-refractivity contribution in [2.45, 2.75) is 39.2 Å². The summed E-state index contributed by atoms with van der Waals surface area (Å²) in [5.74, 6) is 0.706. The fourth-order valence-corrected chi connectivity index (χ4v) is 2.62. The van der Waals surface area contributed by atoms with Crippen LogP contribution < -0.4 is 10.2 Å². The van der Waals surface area contributed by atoms with E-state index < -0.39 is 0 Å². The third kappa shape index (κ3) is 3.45. The molecule has 0 aliphatic carbocycles. The highest BCUT2D eigenvalue weighted by Crippen LogP contribution is 2.23. The number of nitrogens with one attached hydrogen (secondary N) is 1. The number of rotatable bonds is 6. The molecule has 1 aromatic rings. The highest BCUT2D eigenvalue weighted by atomic mass is 16.6. The number of pyridine rings is 1. The molecule has 0 amide bonds. The summed E-state index contributed by atoms with van der Waals surface area (Å²) in [5.41, 5.74) is 0.754. The van der Waals surface area contributed by atoms with Crippen LogP contribution in [0.5, 0.6) is 0 Å². The predicted molar refractivity (Wildman–Crippen MR) is 79.2 cm³/mol. The Morgan fingerprint density at radius 2 is 2.40 bits per heavy atom. The molecule has 0 spiro atoms. The van der Waals surface area contributed by atoms with E-state index in [0.717, 1.165) is 32.5 Å². The molecule has 1 unspecified atom stereocenters. The fourth-order valence-electron chi connectivity index (χ4n) is 2.62. The summed E-state index contributed by atoms with van der Waals surface area (Å²) < 4.78 is 0. The van der Waals surface area contributed by atoms with Crippen LogP contribution in [0.2, 0.25) is 0 Å². The minimum absolute atomic E-state index is 0.149. The van der Waals surface area contributed by atoms with Crippen molar-refractivity contribution < 1.29 is 4.92 Å². The van der Waals surface area contributed by atoms with Gasteiger partial charge in [-0.25, -0.2) is 4.98 Å². The quantitative estimate of drug-likeness (QED) is 0.638. The molecule has 1 aliphatic heterocycles. The van der Waals surface area contributed by atoms with Crippen molar-refractivity contribution in [3.8, 4) is 0 Å². The van der Waals surface area contributed by atoms with Crippen LogP contribution in [0.15, 0.2) is 12.3 Å². The van der Waals surface area contributed by atoms with E-state index in [1.165, 1.54) is 6.42 Å². The van der Waals surface area contributed by atoms with Crippen molar-refractivity contribution in [1.82, 2.24) is 10.3 Å². The summed E-state index contributed by atoms with van der Waals surface area (Å²) in [7, 11) is 0. The first-order chi connectivity index (χ1) is 9.61. The van der Waals surface area contributed by atoms with Crippen LogP contribution in [-0.2, 0) is 0 Å². The standard InChI is InChI=1S/C14H22N4O2/c1-3-7-17(10-12-5-4-6-15-12)14-8-13(18(19)20)11(2)9-16-14/h8-9,12,15H,3-7,10H2,1-2H3. The van der Waals surface area contributed by atoms with Gasteiger partial charge in [-0.15, -0.1) is 0 Å². The smallest absolute Gasteiger partial charge is 0.277 e. The van der Waals surface area contributed by atoms with Crippen molar-refractivity contribution in [3.05, 3.63) is 27.9 Å². The molecule has 0 bridgehead atoms. The number of anilines is 1. The molecule has 6 heteroatoms. The number of aryl methyl sites for hydroxylation is 1. The third-order valence-electron chi connectivity index (χ3n) is 3.68. The summed E-state index contributed by atoms with van der Waals surface area (Å²) in [6.07, 6.45) is 4.95. The van der Waals surface area contributed by atoms with E-state index in [1.807, 2.05) is 0 Å². The Labute approximate surface area is 119 Å². The minimum atomic E-state index is -0.335. The lowest BCUT2D eigenvalue weighted by atomic mass is 10.2. The molecule has 1 saturated heterocycles. The molecule has 0 aromatic carbocycles. The summed E-state index contributed by atoms with van der Waals surface area (Å²) in [4.78, 5) is 17.2.